The molecule has 25 heavy (non-hydrogen) atoms. The second-order valence-corrected chi connectivity index (χ2v) is 9.49. The number of thiophene rings is 1. The van der Waals surface area contributed by atoms with Crippen molar-refractivity contribution >= 4 is 45.5 Å². The first-order valence-corrected chi connectivity index (χ1v) is 9.79. The minimum absolute atomic E-state index is 0.160. The van der Waals surface area contributed by atoms with Gasteiger partial charge in [0, 0.05) is 10.8 Å². The van der Waals surface area contributed by atoms with E-state index in [1.807, 2.05) is 0 Å². The Morgan fingerprint density at radius 3 is 2.48 bits per heavy atom. The van der Waals surface area contributed by atoms with E-state index in [-0.39, 0.29) is 22.4 Å². The van der Waals surface area contributed by atoms with Crippen molar-refractivity contribution in [1.29, 1.82) is 0 Å². The highest BCUT2D eigenvalue weighted by Gasteiger charge is 2.33. The molecule has 1 aromatic heterocycles. The summed E-state index contributed by atoms with van der Waals surface area (Å²) in [5.74, 6) is -0.210. The van der Waals surface area contributed by atoms with E-state index in [0.717, 1.165) is 24.8 Å². The normalized spacial score (nSPS) is 17.1. The number of carbonyl (C=O) groups is 2. The quantitative estimate of drug-likeness (QED) is 0.700. The Kier molecular flexibility index (Phi) is 5.89. The Morgan fingerprint density at radius 2 is 1.96 bits per heavy atom. The Morgan fingerprint density at radius 1 is 1.32 bits per heavy atom. The number of thiocarbonyl (C=S) groups is 1. The van der Waals surface area contributed by atoms with Crippen molar-refractivity contribution in [3.05, 3.63) is 16.0 Å². The molecule has 4 N–H and O–H groups in total. The first-order chi connectivity index (χ1) is 11.5. The number of rotatable bonds is 3. The molecule has 1 atom stereocenters. The van der Waals surface area contributed by atoms with Gasteiger partial charge in [-0.3, -0.25) is 9.59 Å². The minimum Gasteiger partial charge on any atom is -0.365 e. The number of amides is 2. The minimum atomic E-state index is -0.452. The van der Waals surface area contributed by atoms with Crippen molar-refractivity contribution in [1.82, 2.24) is 5.32 Å². The van der Waals surface area contributed by atoms with Crippen molar-refractivity contribution in [3.8, 4) is 0 Å². The zero-order valence-electron chi connectivity index (χ0n) is 15.5. The number of hydrogen-bond donors (Lipinski definition) is 3. The molecule has 2 amide bonds. The van der Waals surface area contributed by atoms with Crippen molar-refractivity contribution in [2.75, 3.05) is 5.32 Å². The summed E-state index contributed by atoms with van der Waals surface area (Å²) in [4.78, 5) is 25.0. The largest absolute Gasteiger partial charge is 0.365 e. The summed E-state index contributed by atoms with van der Waals surface area (Å²) >= 11 is 6.74. The van der Waals surface area contributed by atoms with E-state index in [9.17, 15) is 9.59 Å². The number of fused-ring (bicyclic) bond motifs is 1. The lowest BCUT2D eigenvalue weighted by atomic mass is 9.72. The molecular weight excluding hydrogens is 354 g/mol. The maximum Gasteiger partial charge on any atom is 0.251 e. The third-order valence-corrected chi connectivity index (χ3v) is 6.10. The van der Waals surface area contributed by atoms with Crippen LogP contribution in [0.1, 0.15) is 61.8 Å². The van der Waals surface area contributed by atoms with Crippen LogP contribution in [0, 0.1) is 17.3 Å². The van der Waals surface area contributed by atoms with Crippen molar-refractivity contribution < 1.29 is 9.59 Å². The fourth-order valence-corrected chi connectivity index (χ4v) is 4.67. The predicted molar refractivity (Wildman–Crippen MR) is 107 cm³/mol. The molecule has 7 heteroatoms. The molecule has 0 aromatic carbocycles. The van der Waals surface area contributed by atoms with Crippen LogP contribution in [-0.2, 0) is 17.6 Å². The van der Waals surface area contributed by atoms with E-state index in [4.69, 9.17) is 18.0 Å². The van der Waals surface area contributed by atoms with Gasteiger partial charge in [0.2, 0.25) is 5.91 Å². The van der Waals surface area contributed by atoms with Crippen LogP contribution in [0.15, 0.2) is 0 Å². The van der Waals surface area contributed by atoms with Crippen molar-refractivity contribution in [2.24, 2.45) is 23.0 Å². The first-order valence-electron chi connectivity index (χ1n) is 8.56. The molecule has 0 unspecified atom stereocenters. The molecular formula is C18H27N3O2S2. The number of nitrogens with one attached hydrogen (secondary N) is 2. The molecule has 0 saturated carbocycles. The highest BCUT2D eigenvalue weighted by molar-refractivity contribution is 7.80. The van der Waals surface area contributed by atoms with E-state index in [1.165, 1.54) is 16.2 Å². The molecule has 0 aliphatic heterocycles. The van der Waals surface area contributed by atoms with Crippen LogP contribution < -0.4 is 16.4 Å². The summed E-state index contributed by atoms with van der Waals surface area (Å²) in [6.07, 6.45) is 2.83. The zero-order valence-corrected chi connectivity index (χ0v) is 17.1. The van der Waals surface area contributed by atoms with Gasteiger partial charge in [0.25, 0.3) is 5.91 Å². The van der Waals surface area contributed by atoms with Gasteiger partial charge in [-0.15, -0.1) is 11.3 Å². The Balaban J connectivity index is 2.25. The standard InChI is InChI=1S/C18H27N3O2S2/c1-9(2)15(23)20-17(24)21-16-13(14(19)22)11-7-6-10(18(3,4)5)8-12(11)25-16/h9-10H,6-8H2,1-5H3,(H2,19,22)(H2,20,21,23,24)/t10-/m1/s1. The Labute approximate surface area is 158 Å². The van der Waals surface area contributed by atoms with Gasteiger partial charge in [-0.05, 0) is 48.4 Å². The fraction of sp³-hybridized carbons (Fsp3) is 0.611. The Bertz CT molecular complexity index is 702. The highest BCUT2D eigenvalue weighted by atomic mass is 32.1. The molecule has 1 aliphatic carbocycles. The zero-order chi connectivity index (χ0) is 18.9. The summed E-state index contributed by atoms with van der Waals surface area (Å²) in [7, 11) is 0. The van der Waals surface area contributed by atoms with Gasteiger partial charge in [0.05, 0.1) is 5.56 Å². The summed E-state index contributed by atoms with van der Waals surface area (Å²) in [5, 5.41) is 6.49. The molecule has 0 bridgehead atoms. The first kappa shape index (κ1) is 19.8. The molecule has 0 radical (unpaired) electrons. The van der Waals surface area contributed by atoms with Gasteiger partial charge >= 0.3 is 0 Å². The van der Waals surface area contributed by atoms with Crippen LogP contribution in [0.5, 0.6) is 0 Å². The third kappa shape index (κ3) is 4.58. The summed E-state index contributed by atoms with van der Waals surface area (Å²) in [6, 6.07) is 0. The number of anilines is 1. The van der Waals surface area contributed by atoms with Gasteiger partial charge in [-0.2, -0.15) is 0 Å². The molecule has 0 spiro atoms. The smallest absolute Gasteiger partial charge is 0.251 e. The van der Waals surface area contributed by atoms with E-state index in [0.29, 0.717) is 16.5 Å². The third-order valence-electron chi connectivity index (χ3n) is 4.72. The van der Waals surface area contributed by atoms with Gasteiger partial charge < -0.3 is 16.4 Å². The number of nitrogens with two attached hydrogens (primary N) is 1. The maximum absolute atomic E-state index is 12.0. The van der Waals surface area contributed by atoms with Gasteiger partial charge in [-0.1, -0.05) is 34.6 Å². The van der Waals surface area contributed by atoms with Gasteiger partial charge in [0.1, 0.15) is 5.00 Å². The lowest BCUT2D eigenvalue weighted by Crippen LogP contribution is -2.36. The maximum atomic E-state index is 12.0. The van der Waals surface area contributed by atoms with Crippen LogP contribution in [0.3, 0.4) is 0 Å². The number of hydrogen-bond acceptors (Lipinski definition) is 4. The Hall–Kier alpha value is -1.47. The molecule has 0 saturated heterocycles. The summed E-state index contributed by atoms with van der Waals surface area (Å²) in [5.41, 5.74) is 7.41. The van der Waals surface area contributed by atoms with Crippen LogP contribution in [0.25, 0.3) is 0 Å². The topological polar surface area (TPSA) is 84.2 Å². The van der Waals surface area contributed by atoms with E-state index >= 15 is 0 Å². The molecule has 138 valence electrons. The average Bonchev–Trinajstić information content (AvgIpc) is 2.82. The average molecular weight is 382 g/mol. The van der Waals surface area contributed by atoms with Gasteiger partial charge in [0.15, 0.2) is 5.11 Å². The second kappa shape index (κ2) is 7.41. The lowest BCUT2D eigenvalue weighted by molar-refractivity contribution is -0.122. The second-order valence-electron chi connectivity index (χ2n) is 7.98. The predicted octanol–water partition coefficient (Wildman–Crippen LogP) is 3.47. The molecule has 0 fully saturated rings. The summed E-state index contributed by atoms with van der Waals surface area (Å²) in [6.45, 7) is 10.3. The SMILES string of the molecule is CC(C)C(=O)NC(=S)Nc1sc2c(c1C(N)=O)CC[C@@H](C(C)(C)C)C2. The van der Waals surface area contributed by atoms with Crippen LogP contribution >= 0.6 is 23.6 Å². The van der Waals surface area contributed by atoms with E-state index < -0.39 is 5.91 Å². The van der Waals surface area contributed by atoms with Gasteiger partial charge in [-0.25, -0.2) is 0 Å². The van der Waals surface area contributed by atoms with Crippen molar-refractivity contribution in [2.45, 2.75) is 53.9 Å². The van der Waals surface area contributed by atoms with Crippen LogP contribution in [0.4, 0.5) is 5.00 Å². The molecule has 1 aliphatic rings. The lowest BCUT2D eigenvalue weighted by Gasteiger charge is -2.33. The van der Waals surface area contributed by atoms with E-state index in [2.05, 4.69) is 31.4 Å². The van der Waals surface area contributed by atoms with E-state index in [1.54, 1.807) is 13.8 Å². The van der Waals surface area contributed by atoms with Crippen molar-refractivity contribution in [3.63, 3.8) is 0 Å². The monoisotopic (exact) mass is 381 g/mol. The number of carbonyl (C=O) groups excluding carboxylic acids is 2. The number of primary amides is 1. The summed E-state index contributed by atoms with van der Waals surface area (Å²) < 4.78 is 0. The molecule has 1 aromatic rings. The highest BCUT2D eigenvalue weighted by Crippen LogP contribution is 2.44. The molecule has 5 nitrogen and oxygen atoms in total. The van der Waals surface area contributed by atoms with Crippen LogP contribution in [0.2, 0.25) is 0 Å². The fourth-order valence-electron chi connectivity index (χ4n) is 3.06. The molecule has 2 rings (SSSR count). The molecule has 1 heterocycles. The van der Waals surface area contributed by atoms with Crippen LogP contribution in [-0.4, -0.2) is 16.9 Å².